The highest BCUT2D eigenvalue weighted by molar-refractivity contribution is 5.14. The molecule has 0 amide bonds. The molecule has 0 radical (unpaired) electrons. The molecule has 1 unspecified atom stereocenters. The van der Waals surface area contributed by atoms with Crippen LogP contribution in [-0.4, -0.2) is 36.1 Å². The Balaban J connectivity index is 1.49. The van der Waals surface area contributed by atoms with Gasteiger partial charge in [-0.2, -0.15) is 0 Å². The Hall–Kier alpha value is -0.900. The van der Waals surface area contributed by atoms with E-state index >= 15 is 0 Å². The van der Waals surface area contributed by atoms with Crippen LogP contribution in [0.15, 0.2) is 30.3 Å². The van der Waals surface area contributed by atoms with E-state index in [9.17, 15) is 0 Å². The van der Waals surface area contributed by atoms with Gasteiger partial charge in [0.15, 0.2) is 0 Å². The van der Waals surface area contributed by atoms with E-state index in [-0.39, 0.29) is 0 Å². The lowest BCUT2D eigenvalue weighted by Crippen LogP contribution is -2.48. The number of hydrogen-bond donors (Lipinski definition) is 2. The molecule has 3 nitrogen and oxygen atoms in total. The van der Waals surface area contributed by atoms with Crippen LogP contribution in [-0.2, 0) is 6.54 Å². The molecule has 3 heteroatoms. The molecule has 1 aromatic rings. The van der Waals surface area contributed by atoms with E-state index in [0.29, 0.717) is 18.1 Å². The molecule has 1 atom stereocenters. The van der Waals surface area contributed by atoms with Gasteiger partial charge in [-0.15, -0.1) is 0 Å². The molecule has 3 rings (SSSR count). The summed E-state index contributed by atoms with van der Waals surface area (Å²) in [4.78, 5) is 2.68. The molecule has 1 aliphatic heterocycles. The van der Waals surface area contributed by atoms with E-state index in [1.54, 1.807) is 0 Å². The number of rotatable bonds is 5. The SMILES string of the molecule is NC1CCC(NCC2CCCCN2Cc2ccccc2)CC1. The van der Waals surface area contributed by atoms with Gasteiger partial charge in [-0.25, -0.2) is 0 Å². The zero-order valence-corrected chi connectivity index (χ0v) is 13.7. The fourth-order valence-corrected chi connectivity index (χ4v) is 3.94. The third-order valence-corrected chi connectivity index (χ3v) is 5.39. The molecule has 2 fully saturated rings. The van der Waals surface area contributed by atoms with Crippen LogP contribution in [0.4, 0.5) is 0 Å². The van der Waals surface area contributed by atoms with Crippen LogP contribution in [0.3, 0.4) is 0 Å². The maximum absolute atomic E-state index is 6.01. The van der Waals surface area contributed by atoms with Crippen molar-refractivity contribution in [2.45, 2.75) is 69.6 Å². The summed E-state index contributed by atoms with van der Waals surface area (Å²) in [5, 5.41) is 3.83. The average Bonchev–Trinajstić information content (AvgIpc) is 2.56. The minimum atomic E-state index is 0.447. The molecule has 0 bridgehead atoms. The van der Waals surface area contributed by atoms with Crippen molar-refractivity contribution in [2.75, 3.05) is 13.1 Å². The summed E-state index contributed by atoms with van der Waals surface area (Å²) < 4.78 is 0. The lowest BCUT2D eigenvalue weighted by Gasteiger charge is -2.37. The number of hydrogen-bond acceptors (Lipinski definition) is 3. The molecule has 2 aliphatic rings. The quantitative estimate of drug-likeness (QED) is 0.878. The standard InChI is InChI=1S/C19H31N3/c20-17-9-11-18(12-10-17)21-14-19-8-4-5-13-22(19)15-16-6-2-1-3-7-16/h1-3,6-7,17-19,21H,4-5,8-15,20H2. The average molecular weight is 301 g/mol. The lowest BCUT2D eigenvalue weighted by atomic mass is 9.91. The lowest BCUT2D eigenvalue weighted by molar-refractivity contribution is 0.132. The molecule has 1 saturated heterocycles. The second-order valence-corrected chi connectivity index (χ2v) is 7.13. The molecule has 0 aromatic heterocycles. The van der Waals surface area contributed by atoms with Crippen LogP contribution in [0.25, 0.3) is 0 Å². The third-order valence-electron chi connectivity index (χ3n) is 5.39. The Kier molecular flexibility index (Phi) is 5.88. The van der Waals surface area contributed by atoms with Gasteiger partial charge in [0.1, 0.15) is 0 Å². The van der Waals surface area contributed by atoms with Gasteiger partial charge >= 0.3 is 0 Å². The van der Waals surface area contributed by atoms with Crippen LogP contribution >= 0.6 is 0 Å². The van der Waals surface area contributed by atoms with Crippen molar-refractivity contribution in [3.8, 4) is 0 Å². The maximum Gasteiger partial charge on any atom is 0.0237 e. The van der Waals surface area contributed by atoms with Gasteiger partial charge in [-0.3, -0.25) is 4.90 Å². The van der Waals surface area contributed by atoms with Gasteiger partial charge in [-0.05, 0) is 50.6 Å². The van der Waals surface area contributed by atoms with Gasteiger partial charge in [0.05, 0.1) is 0 Å². The second-order valence-electron chi connectivity index (χ2n) is 7.13. The van der Waals surface area contributed by atoms with Gasteiger partial charge < -0.3 is 11.1 Å². The van der Waals surface area contributed by atoms with Crippen LogP contribution in [0.5, 0.6) is 0 Å². The Morgan fingerprint density at radius 2 is 1.77 bits per heavy atom. The summed E-state index contributed by atoms with van der Waals surface area (Å²) in [6, 6.07) is 12.7. The van der Waals surface area contributed by atoms with Gasteiger partial charge in [0, 0.05) is 31.2 Å². The predicted octanol–water partition coefficient (Wildman–Crippen LogP) is 2.90. The van der Waals surface area contributed by atoms with Gasteiger partial charge in [-0.1, -0.05) is 36.8 Å². The van der Waals surface area contributed by atoms with Crippen LogP contribution in [0, 0.1) is 0 Å². The zero-order valence-electron chi connectivity index (χ0n) is 13.7. The summed E-state index contributed by atoms with van der Waals surface area (Å²) in [6.45, 7) is 3.49. The third kappa shape index (κ3) is 4.55. The highest BCUT2D eigenvalue weighted by atomic mass is 15.2. The first-order valence-electron chi connectivity index (χ1n) is 9.08. The fraction of sp³-hybridized carbons (Fsp3) is 0.684. The van der Waals surface area contributed by atoms with Crippen molar-refractivity contribution in [1.82, 2.24) is 10.2 Å². The number of nitrogens with two attached hydrogens (primary N) is 1. The fourth-order valence-electron chi connectivity index (χ4n) is 3.94. The molecule has 22 heavy (non-hydrogen) atoms. The first-order valence-corrected chi connectivity index (χ1v) is 9.08. The van der Waals surface area contributed by atoms with Gasteiger partial charge in [0.2, 0.25) is 0 Å². The molecular formula is C19H31N3. The molecule has 122 valence electrons. The smallest absolute Gasteiger partial charge is 0.0237 e. The number of piperidine rings is 1. The second kappa shape index (κ2) is 8.09. The van der Waals surface area contributed by atoms with E-state index < -0.39 is 0 Å². The number of benzene rings is 1. The Morgan fingerprint density at radius 3 is 2.55 bits per heavy atom. The number of nitrogens with one attached hydrogen (secondary N) is 1. The van der Waals surface area contributed by atoms with Crippen molar-refractivity contribution >= 4 is 0 Å². The normalized spacial score (nSPS) is 30.3. The van der Waals surface area contributed by atoms with Crippen molar-refractivity contribution in [1.29, 1.82) is 0 Å². The zero-order chi connectivity index (χ0) is 15.2. The minimum Gasteiger partial charge on any atom is -0.328 e. The predicted molar refractivity (Wildman–Crippen MR) is 92.7 cm³/mol. The van der Waals surface area contributed by atoms with Crippen molar-refractivity contribution in [3.63, 3.8) is 0 Å². The van der Waals surface area contributed by atoms with Crippen molar-refractivity contribution in [2.24, 2.45) is 5.73 Å². The molecule has 1 aliphatic carbocycles. The Labute approximate surface area is 135 Å². The largest absolute Gasteiger partial charge is 0.328 e. The summed E-state index contributed by atoms with van der Waals surface area (Å²) >= 11 is 0. The number of nitrogens with zero attached hydrogens (tertiary/aromatic N) is 1. The molecule has 1 aromatic carbocycles. The van der Waals surface area contributed by atoms with Crippen molar-refractivity contribution < 1.29 is 0 Å². The van der Waals surface area contributed by atoms with E-state index in [4.69, 9.17) is 5.73 Å². The molecule has 0 spiro atoms. The molecule has 1 heterocycles. The first-order chi connectivity index (χ1) is 10.8. The van der Waals surface area contributed by atoms with E-state index in [0.717, 1.165) is 13.1 Å². The highest BCUT2D eigenvalue weighted by Crippen LogP contribution is 2.21. The summed E-state index contributed by atoms with van der Waals surface area (Å²) in [7, 11) is 0. The summed E-state index contributed by atoms with van der Waals surface area (Å²) in [6.07, 6.45) is 8.96. The highest BCUT2D eigenvalue weighted by Gasteiger charge is 2.24. The first kappa shape index (κ1) is 16.0. The van der Waals surface area contributed by atoms with Crippen LogP contribution in [0.1, 0.15) is 50.5 Å². The van der Waals surface area contributed by atoms with Gasteiger partial charge in [0.25, 0.3) is 0 Å². The maximum atomic E-state index is 6.01. The Morgan fingerprint density at radius 1 is 1.00 bits per heavy atom. The minimum absolute atomic E-state index is 0.447. The van der Waals surface area contributed by atoms with Crippen LogP contribution < -0.4 is 11.1 Å². The van der Waals surface area contributed by atoms with Crippen LogP contribution in [0.2, 0.25) is 0 Å². The Bertz CT molecular complexity index is 426. The molecule has 1 saturated carbocycles. The van der Waals surface area contributed by atoms with E-state index in [1.165, 1.54) is 57.1 Å². The summed E-state index contributed by atoms with van der Waals surface area (Å²) in [5.41, 5.74) is 7.45. The monoisotopic (exact) mass is 301 g/mol. The molecule has 3 N–H and O–H groups in total. The van der Waals surface area contributed by atoms with Crippen molar-refractivity contribution in [3.05, 3.63) is 35.9 Å². The van der Waals surface area contributed by atoms with E-state index in [2.05, 4.69) is 40.5 Å². The van der Waals surface area contributed by atoms with E-state index in [1.807, 2.05) is 0 Å². The topological polar surface area (TPSA) is 41.3 Å². The molecular weight excluding hydrogens is 270 g/mol. The number of likely N-dealkylation sites (tertiary alicyclic amines) is 1. The summed E-state index contributed by atoms with van der Waals surface area (Å²) in [5.74, 6) is 0.